The number of hydrogen-bond donors (Lipinski definition) is 1. The Morgan fingerprint density at radius 3 is 2.79 bits per heavy atom. The van der Waals surface area contributed by atoms with Gasteiger partial charge in [-0.15, -0.1) is 0 Å². The lowest BCUT2D eigenvalue weighted by Gasteiger charge is -1.94. The lowest BCUT2D eigenvalue weighted by molar-refractivity contribution is 0.594. The van der Waals surface area contributed by atoms with E-state index in [1.807, 2.05) is 0 Å². The molecule has 2 heterocycles. The molecule has 2 aromatic heterocycles. The molecular formula is C7H8N4O2S. The molecule has 0 unspecified atom stereocenters. The molecular weight excluding hydrogens is 204 g/mol. The Labute approximate surface area is 80.5 Å². The van der Waals surface area contributed by atoms with E-state index in [-0.39, 0.29) is 5.03 Å². The molecule has 0 aliphatic carbocycles. The fourth-order valence-corrected chi connectivity index (χ4v) is 2.01. The van der Waals surface area contributed by atoms with Gasteiger partial charge < -0.3 is 4.40 Å². The van der Waals surface area contributed by atoms with Gasteiger partial charge in [0.2, 0.25) is 0 Å². The maximum atomic E-state index is 11.1. The zero-order chi connectivity index (χ0) is 10.3. The highest BCUT2D eigenvalue weighted by Gasteiger charge is 2.17. The SMILES string of the molecule is Cc1c(S(N)(=O)=O)nc2cnccn12. The Hall–Kier alpha value is -1.47. The van der Waals surface area contributed by atoms with E-state index >= 15 is 0 Å². The molecule has 0 atom stereocenters. The first kappa shape index (κ1) is 9.10. The molecule has 2 rings (SSSR count). The highest BCUT2D eigenvalue weighted by Crippen LogP contribution is 2.13. The Balaban J connectivity index is 2.89. The van der Waals surface area contributed by atoms with Crippen LogP contribution in [0, 0.1) is 6.92 Å². The van der Waals surface area contributed by atoms with Crippen molar-refractivity contribution in [3.05, 3.63) is 24.3 Å². The van der Waals surface area contributed by atoms with Crippen LogP contribution < -0.4 is 5.14 Å². The summed E-state index contributed by atoms with van der Waals surface area (Å²) in [7, 11) is -3.76. The number of primary sulfonamides is 1. The van der Waals surface area contributed by atoms with Crippen LogP contribution in [0.1, 0.15) is 5.69 Å². The van der Waals surface area contributed by atoms with E-state index in [4.69, 9.17) is 5.14 Å². The van der Waals surface area contributed by atoms with Crippen molar-refractivity contribution in [3.63, 3.8) is 0 Å². The van der Waals surface area contributed by atoms with Gasteiger partial charge in [-0.1, -0.05) is 0 Å². The Morgan fingerprint density at radius 1 is 1.50 bits per heavy atom. The Kier molecular flexibility index (Phi) is 1.79. The summed E-state index contributed by atoms with van der Waals surface area (Å²) in [4.78, 5) is 7.70. The van der Waals surface area contributed by atoms with E-state index in [1.165, 1.54) is 6.20 Å². The van der Waals surface area contributed by atoms with E-state index in [1.54, 1.807) is 23.7 Å². The third kappa shape index (κ3) is 1.26. The highest BCUT2D eigenvalue weighted by atomic mass is 32.2. The second-order valence-electron chi connectivity index (χ2n) is 2.85. The van der Waals surface area contributed by atoms with Crippen molar-refractivity contribution < 1.29 is 8.42 Å². The average Bonchev–Trinajstić information content (AvgIpc) is 2.44. The van der Waals surface area contributed by atoms with Gasteiger partial charge >= 0.3 is 0 Å². The van der Waals surface area contributed by atoms with Crippen molar-refractivity contribution in [3.8, 4) is 0 Å². The van der Waals surface area contributed by atoms with Crippen molar-refractivity contribution in [2.75, 3.05) is 0 Å². The van der Waals surface area contributed by atoms with Crippen molar-refractivity contribution >= 4 is 15.7 Å². The molecule has 0 aromatic carbocycles. The van der Waals surface area contributed by atoms with E-state index < -0.39 is 10.0 Å². The normalized spacial score (nSPS) is 12.1. The van der Waals surface area contributed by atoms with Gasteiger partial charge in [0.05, 0.1) is 11.9 Å². The molecule has 0 saturated carbocycles. The molecule has 0 radical (unpaired) electrons. The van der Waals surface area contributed by atoms with Crippen molar-refractivity contribution in [1.82, 2.24) is 14.4 Å². The molecule has 0 saturated heterocycles. The second-order valence-corrected chi connectivity index (χ2v) is 4.33. The minimum absolute atomic E-state index is 0.106. The minimum atomic E-state index is -3.76. The van der Waals surface area contributed by atoms with Crippen LogP contribution in [0.2, 0.25) is 0 Å². The summed E-state index contributed by atoms with van der Waals surface area (Å²) in [5.41, 5.74) is 0.957. The van der Waals surface area contributed by atoms with Gasteiger partial charge in [0.15, 0.2) is 10.7 Å². The lowest BCUT2D eigenvalue weighted by Crippen LogP contribution is -2.13. The van der Waals surface area contributed by atoms with Crippen LogP contribution in [0.25, 0.3) is 5.65 Å². The quantitative estimate of drug-likeness (QED) is 0.701. The van der Waals surface area contributed by atoms with E-state index in [0.717, 1.165) is 0 Å². The molecule has 0 aliphatic rings. The molecule has 0 bridgehead atoms. The number of nitrogens with two attached hydrogens (primary N) is 1. The molecule has 7 heteroatoms. The van der Waals surface area contributed by atoms with Gasteiger partial charge in [0.25, 0.3) is 10.0 Å². The Bertz CT molecular complexity index is 587. The summed E-state index contributed by atoms with van der Waals surface area (Å²) in [6, 6.07) is 0. The van der Waals surface area contributed by atoms with Gasteiger partial charge in [-0.05, 0) is 6.92 Å². The third-order valence-electron chi connectivity index (χ3n) is 1.90. The highest BCUT2D eigenvalue weighted by molar-refractivity contribution is 7.89. The first-order valence-corrected chi connectivity index (χ1v) is 5.36. The van der Waals surface area contributed by atoms with Gasteiger partial charge in [0, 0.05) is 12.4 Å². The monoisotopic (exact) mass is 212 g/mol. The molecule has 0 fully saturated rings. The van der Waals surface area contributed by atoms with Crippen LogP contribution >= 0.6 is 0 Å². The number of fused-ring (bicyclic) bond motifs is 1. The first-order chi connectivity index (χ1) is 6.50. The molecule has 14 heavy (non-hydrogen) atoms. The molecule has 6 nitrogen and oxygen atoms in total. The number of aryl methyl sites for hydroxylation is 1. The predicted molar refractivity (Wildman–Crippen MR) is 49.1 cm³/mol. The molecule has 0 spiro atoms. The standard InChI is InChI=1S/C7H8N4O2S/c1-5-7(14(8,12)13)10-6-4-9-2-3-11(5)6/h2-4H,1H3,(H2,8,12,13). The first-order valence-electron chi connectivity index (χ1n) is 3.81. The molecule has 0 amide bonds. The van der Waals surface area contributed by atoms with Crippen LogP contribution in [-0.2, 0) is 10.0 Å². The fourth-order valence-electron chi connectivity index (χ4n) is 1.28. The van der Waals surface area contributed by atoms with Crippen LogP contribution in [-0.4, -0.2) is 22.8 Å². The number of hydrogen-bond acceptors (Lipinski definition) is 4. The third-order valence-corrected chi connectivity index (χ3v) is 2.82. The smallest absolute Gasteiger partial charge is 0.257 e. The molecule has 2 aromatic rings. The zero-order valence-electron chi connectivity index (χ0n) is 7.38. The number of nitrogens with zero attached hydrogens (tertiary/aromatic N) is 3. The summed E-state index contributed by atoms with van der Waals surface area (Å²) in [6.07, 6.45) is 4.66. The van der Waals surface area contributed by atoms with Crippen LogP contribution in [0.5, 0.6) is 0 Å². The number of sulfonamides is 1. The van der Waals surface area contributed by atoms with Crippen molar-refractivity contribution in [2.24, 2.45) is 5.14 Å². The maximum Gasteiger partial charge on any atom is 0.257 e. The topological polar surface area (TPSA) is 90.4 Å². The van der Waals surface area contributed by atoms with Crippen LogP contribution in [0.15, 0.2) is 23.6 Å². The number of rotatable bonds is 1. The molecule has 0 aliphatic heterocycles. The number of imidazole rings is 1. The summed E-state index contributed by atoms with van der Waals surface area (Å²) in [5, 5.41) is 4.89. The zero-order valence-corrected chi connectivity index (χ0v) is 8.19. The summed E-state index contributed by atoms with van der Waals surface area (Å²) >= 11 is 0. The van der Waals surface area contributed by atoms with Crippen molar-refractivity contribution in [1.29, 1.82) is 0 Å². The summed E-state index contributed by atoms with van der Waals surface area (Å²) < 4.78 is 23.8. The van der Waals surface area contributed by atoms with Crippen LogP contribution in [0.4, 0.5) is 0 Å². The van der Waals surface area contributed by atoms with Gasteiger partial charge in [-0.2, -0.15) is 0 Å². The maximum absolute atomic E-state index is 11.1. The van der Waals surface area contributed by atoms with Gasteiger partial charge in [0.1, 0.15) is 0 Å². The summed E-state index contributed by atoms with van der Waals surface area (Å²) in [5.74, 6) is 0. The average molecular weight is 212 g/mol. The van der Waals surface area contributed by atoms with Crippen molar-refractivity contribution in [2.45, 2.75) is 11.9 Å². The van der Waals surface area contributed by atoms with E-state index in [2.05, 4.69) is 9.97 Å². The number of aromatic nitrogens is 3. The van der Waals surface area contributed by atoms with E-state index in [9.17, 15) is 8.42 Å². The summed E-state index contributed by atoms with van der Waals surface area (Å²) in [6.45, 7) is 1.64. The molecule has 74 valence electrons. The lowest BCUT2D eigenvalue weighted by atomic mass is 10.5. The Morgan fingerprint density at radius 2 is 2.21 bits per heavy atom. The van der Waals surface area contributed by atoms with E-state index in [0.29, 0.717) is 11.3 Å². The minimum Gasteiger partial charge on any atom is -0.300 e. The largest absolute Gasteiger partial charge is 0.300 e. The predicted octanol–water partition coefficient (Wildman–Crippen LogP) is -0.315. The van der Waals surface area contributed by atoms with Gasteiger partial charge in [-0.3, -0.25) is 4.98 Å². The fraction of sp³-hybridized carbons (Fsp3) is 0.143. The molecule has 2 N–H and O–H groups in total. The van der Waals surface area contributed by atoms with Gasteiger partial charge in [-0.25, -0.2) is 18.5 Å². The van der Waals surface area contributed by atoms with Crippen LogP contribution in [0.3, 0.4) is 0 Å². The second kappa shape index (κ2) is 2.76.